The molecule has 0 heterocycles. The fourth-order valence-electron chi connectivity index (χ4n) is 4.69. The zero-order valence-corrected chi connectivity index (χ0v) is 26.0. The maximum absolute atomic E-state index is 4.75. The van der Waals surface area contributed by atoms with E-state index in [0.29, 0.717) is 11.6 Å². The summed E-state index contributed by atoms with van der Waals surface area (Å²) < 4.78 is 2.10. The van der Waals surface area contributed by atoms with Crippen LogP contribution in [0.25, 0.3) is 0 Å². The van der Waals surface area contributed by atoms with E-state index in [0.717, 1.165) is 41.4 Å². The van der Waals surface area contributed by atoms with Crippen LogP contribution in [-0.2, 0) is 0 Å². The average Bonchev–Trinajstić information content (AvgIpc) is 2.91. The third kappa shape index (κ3) is 11.5. The van der Waals surface area contributed by atoms with Gasteiger partial charge in [0, 0.05) is 39.7 Å². The molecule has 0 unspecified atom stereocenters. The van der Waals surface area contributed by atoms with Crippen LogP contribution in [0.15, 0.2) is 89.2 Å². The van der Waals surface area contributed by atoms with E-state index in [1.54, 1.807) is 11.9 Å². The maximum Gasteiger partial charge on any atom is 0.100 e. The van der Waals surface area contributed by atoms with Gasteiger partial charge in [-0.1, -0.05) is 82.4 Å². The van der Waals surface area contributed by atoms with Gasteiger partial charge < -0.3 is 10.6 Å². The van der Waals surface area contributed by atoms with Crippen molar-refractivity contribution in [3.8, 4) is 11.8 Å². The topological polar surface area (TPSA) is 27.3 Å². The zero-order chi connectivity index (χ0) is 27.9. The molecule has 0 spiro atoms. The summed E-state index contributed by atoms with van der Waals surface area (Å²) in [6.07, 6.45) is 14.6. The fourth-order valence-corrected chi connectivity index (χ4v) is 6.39. The van der Waals surface area contributed by atoms with Gasteiger partial charge in [0.2, 0.25) is 0 Å². The predicted molar refractivity (Wildman–Crippen MR) is 178 cm³/mol. The number of anilines is 1. The highest BCUT2D eigenvalue weighted by atomic mass is 32.2. The minimum absolute atomic E-state index is 0.703. The highest BCUT2D eigenvalue weighted by Gasteiger charge is 2.15. The van der Waals surface area contributed by atoms with E-state index in [-0.39, 0.29) is 0 Å². The van der Waals surface area contributed by atoms with Gasteiger partial charge in [0.1, 0.15) is 5.82 Å². The molecule has 0 bridgehead atoms. The van der Waals surface area contributed by atoms with Crippen molar-refractivity contribution in [3.05, 3.63) is 95.5 Å². The molecule has 1 saturated carbocycles. The lowest BCUT2D eigenvalue weighted by Crippen LogP contribution is -2.19. The number of hydrogen-bond donors (Lipinski definition) is 4. The summed E-state index contributed by atoms with van der Waals surface area (Å²) in [5.41, 5.74) is 5.15. The molecule has 1 aliphatic rings. The minimum Gasteiger partial charge on any atom is -0.342 e. The highest BCUT2D eigenvalue weighted by Crippen LogP contribution is 2.29. The largest absolute Gasteiger partial charge is 0.342 e. The molecule has 0 aliphatic heterocycles. The molecular weight excluding hydrogens is 535 g/mol. The van der Waals surface area contributed by atoms with Gasteiger partial charge in [0.15, 0.2) is 0 Å². The lowest BCUT2D eigenvalue weighted by Gasteiger charge is -2.23. The molecule has 0 radical (unpaired) electrons. The second-order valence-corrected chi connectivity index (χ2v) is 12.1. The second kappa shape index (κ2) is 17.5. The Morgan fingerprint density at radius 1 is 1.05 bits per heavy atom. The summed E-state index contributed by atoms with van der Waals surface area (Å²) in [5, 5.41) is 6.74. The molecular formula is C33H43N3S3. The van der Waals surface area contributed by atoms with E-state index in [9.17, 15) is 0 Å². The number of thiol groups is 2. The quantitative estimate of drug-likeness (QED) is 0.0927. The fraction of sp³-hybridized carbons (Fsp3) is 0.394. The summed E-state index contributed by atoms with van der Waals surface area (Å²) in [4.78, 5) is 1.19. The van der Waals surface area contributed by atoms with Gasteiger partial charge in [-0.2, -0.15) is 16.3 Å². The monoisotopic (exact) mass is 577 g/mol. The van der Waals surface area contributed by atoms with Crippen molar-refractivity contribution >= 4 is 43.1 Å². The van der Waals surface area contributed by atoms with Gasteiger partial charge in [-0.15, -0.1) is 0 Å². The number of benzene rings is 2. The Kier molecular flexibility index (Phi) is 14.1. The first-order chi connectivity index (χ1) is 19.0. The molecule has 1 aliphatic carbocycles. The van der Waals surface area contributed by atoms with Gasteiger partial charge >= 0.3 is 0 Å². The van der Waals surface area contributed by atoms with Crippen molar-refractivity contribution in [1.82, 2.24) is 9.03 Å². The molecule has 0 atom stereocenters. The Hall–Kier alpha value is -2.17. The number of allylic oxidation sites excluding steroid dienone is 2. The summed E-state index contributed by atoms with van der Waals surface area (Å²) in [6, 6.07) is 16.5. The highest BCUT2D eigenvalue weighted by molar-refractivity contribution is 8.05. The number of nitrogens with zero attached hydrogens (tertiary/aromatic N) is 1. The van der Waals surface area contributed by atoms with Crippen LogP contribution in [-0.4, -0.2) is 16.0 Å². The smallest absolute Gasteiger partial charge is 0.100 e. The first-order valence-electron chi connectivity index (χ1n) is 14.1. The van der Waals surface area contributed by atoms with Crippen molar-refractivity contribution in [2.45, 2.75) is 70.1 Å². The first-order valence-corrected chi connectivity index (χ1v) is 15.9. The predicted octanol–water partition coefficient (Wildman–Crippen LogP) is 9.24. The minimum atomic E-state index is 0.703. The van der Waals surface area contributed by atoms with Crippen LogP contribution >= 0.6 is 37.4 Å². The SMILES string of the molecule is C=C(NC(/C=C\C)=C(\CC)CS)Nc1cccc(C#Cc2ccc(SN(S)CC3CCCCCCC3)cc2)c1. The van der Waals surface area contributed by atoms with E-state index in [1.165, 1.54) is 55.4 Å². The van der Waals surface area contributed by atoms with E-state index >= 15 is 0 Å². The van der Waals surface area contributed by atoms with Crippen LogP contribution in [0.3, 0.4) is 0 Å². The van der Waals surface area contributed by atoms with E-state index in [4.69, 9.17) is 12.8 Å². The third-order valence-corrected chi connectivity index (χ3v) is 8.46. The van der Waals surface area contributed by atoms with Crippen LogP contribution in [0, 0.1) is 17.8 Å². The number of nitrogens with one attached hydrogen (secondary N) is 2. The van der Waals surface area contributed by atoms with Crippen LogP contribution in [0.1, 0.15) is 76.3 Å². The Morgan fingerprint density at radius 3 is 2.41 bits per heavy atom. The normalized spacial score (nSPS) is 15.2. The van der Waals surface area contributed by atoms with Crippen LogP contribution < -0.4 is 10.6 Å². The van der Waals surface area contributed by atoms with Gasteiger partial charge in [-0.05, 0) is 98.2 Å². The second-order valence-electron chi connectivity index (χ2n) is 9.95. The molecule has 2 N–H and O–H groups in total. The van der Waals surface area contributed by atoms with Crippen molar-refractivity contribution in [1.29, 1.82) is 0 Å². The first kappa shape index (κ1) is 31.4. The molecule has 39 heavy (non-hydrogen) atoms. The van der Waals surface area contributed by atoms with Crippen LogP contribution in [0.2, 0.25) is 0 Å². The molecule has 0 aromatic heterocycles. The summed E-state index contributed by atoms with van der Waals surface area (Å²) >= 11 is 10.9. The third-order valence-electron chi connectivity index (χ3n) is 6.83. The van der Waals surface area contributed by atoms with Crippen molar-refractivity contribution in [2.24, 2.45) is 5.92 Å². The number of rotatable bonds is 11. The van der Waals surface area contributed by atoms with Crippen molar-refractivity contribution < 1.29 is 0 Å². The standard InChI is InChI=1S/C33H43N3S3/c1-4-12-33(30(5-2)25-37)35-26(3)34-31-16-11-15-28(23-31)18-17-27-19-21-32(22-20-27)39-36(38)24-29-13-9-7-6-8-10-14-29/h4,11-12,15-16,19-23,29,34-35,37-38H,3,5-10,13-14,24-25H2,1-2H3/b12-4-,33-30+. The van der Waals surface area contributed by atoms with E-state index in [2.05, 4.69) is 82.7 Å². The lowest BCUT2D eigenvalue weighted by molar-refractivity contribution is 0.357. The summed E-state index contributed by atoms with van der Waals surface area (Å²) in [7, 11) is 0. The van der Waals surface area contributed by atoms with Gasteiger partial charge in [-0.25, -0.2) is 0 Å². The number of hydrogen-bond acceptors (Lipinski definition) is 6. The van der Waals surface area contributed by atoms with Crippen LogP contribution in [0.4, 0.5) is 5.69 Å². The molecule has 2 aromatic carbocycles. The Balaban J connectivity index is 1.55. The van der Waals surface area contributed by atoms with E-state index in [1.807, 2.05) is 37.3 Å². The molecule has 0 amide bonds. The molecule has 208 valence electrons. The Morgan fingerprint density at radius 2 is 1.74 bits per heavy atom. The van der Waals surface area contributed by atoms with Crippen molar-refractivity contribution in [2.75, 3.05) is 17.6 Å². The molecule has 3 nitrogen and oxygen atoms in total. The Labute approximate surface area is 252 Å². The molecule has 1 fully saturated rings. The van der Waals surface area contributed by atoms with Gasteiger partial charge in [0.25, 0.3) is 0 Å². The zero-order valence-electron chi connectivity index (χ0n) is 23.4. The van der Waals surface area contributed by atoms with Crippen molar-refractivity contribution in [3.63, 3.8) is 0 Å². The van der Waals surface area contributed by atoms with E-state index < -0.39 is 0 Å². The van der Waals surface area contributed by atoms with Gasteiger partial charge in [0.05, 0.1) is 0 Å². The Bertz CT molecular complexity index is 1160. The molecule has 6 heteroatoms. The maximum atomic E-state index is 4.75. The lowest BCUT2D eigenvalue weighted by atomic mass is 9.91. The average molecular weight is 578 g/mol. The molecule has 2 aromatic rings. The molecule has 0 saturated heterocycles. The van der Waals surface area contributed by atoms with Gasteiger partial charge in [-0.3, -0.25) is 0 Å². The molecule has 3 rings (SSSR count). The summed E-state index contributed by atoms with van der Waals surface area (Å²) in [6.45, 7) is 9.33. The van der Waals surface area contributed by atoms with Crippen LogP contribution in [0.5, 0.6) is 0 Å². The summed E-state index contributed by atoms with van der Waals surface area (Å²) in [5.74, 6) is 8.76.